The summed E-state index contributed by atoms with van der Waals surface area (Å²) >= 11 is 18.9. The van der Waals surface area contributed by atoms with Gasteiger partial charge in [0.2, 0.25) is 0 Å². The minimum absolute atomic E-state index is 0.0140. The van der Waals surface area contributed by atoms with Crippen molar-refractivity contribution in [2.45, 2.75) is 94.8 Å². The lowest BCUT2D eigenvalue weighted by Gasteiger charge is -2.31. The summed E-state index contributed by atoms with van der Waals surface area (Å²) in [6, 6.07) is 11.8. The fraction of sp³-hybridized carbons (Fsp3) is 0.329. The molecular formula is C82H70Br4F7N15O16S5. The molecule has 676 valence electrons. The summed E-state index contributed by atoms with van der Waals surface area (Å²) in [5, 5.41) is 9.45. The van der Waals surface area contributed by atoms with Crippen molar-refractivity contribution in [3.05, 3.63) is 248 Å². The molecule has 0 radical (unpaired) electrons. The SMILES string of the molecule is CCOC(=O)C1=C2COC(=O)N2C(c2nccs2)=NC1c1ccc(F)cc1Br.CCOC(=O)C1=C2C[C@@H](N3CCOC3=O)CN2C(c2nccs2)=N[C@H]1c1ccc(F)cc1Br.CCOC(=O)C1=C2C[C@H](N3CCOC3=O)CN2C(c2nccs2)=N[C@H]1c1ccc(F)cc1Br.CCOC(=O)C1=C2C[C@H](NS(=O)(=O)C(F)(F)F)CN2C(c2nccs2)=N[C@H]1c1ccc(F)cc1Br. The number of esters is 4. The number of cyclic esters (lactones) is 3. The molecule has 0 bridgehead atoms. The number of ether oxygens (including phenoxy) is 7. The van der Waals surface area contributed by atoms with Crippen molar-refractivity contribution in [3.63, 3.8) is 0 Å². The number of amidine groups is 4. The average Bonchev–Trinajstić information content (AvgIpc) is 1.68. The lowest BCUT2D eigenvalue weighted by atomic mass is 9.94. The summed E-state index contributed by atoms with van der Waals surface area (Å²) in [5.41, 5.74) is -0.187. The van der Waals surface area contributed by atoms with E-state index in [-0.39, 0.29) is 98.8 Å². The molecule has 4 aromatic carbocycles. The van der Waals surface area contributed by atoms with Gasteiger partial charge in [-0.2, -0.15) is 13.2 Å². The van der Waals surface area contributed by atoms with E-state index in [9.17, 15) is 72.7 Å². The Labute approximate surface area is 779 Å². The van der Waals surface area contributed by atoms with Crippen LogP contribution in [0.2, 0.25) is 0 Å². The number of hydrogen-bond donors (Lipinski definition) is 1. The van der Waals surface area contributed by atoms with E-state index in [0.717, 1.165) is 11.4 Å². The number of amides is 3. The normalized spacial score (nSPS) is 21.1. The summed E-state index contributed by atoms with van der Waals surface area (Å²) in [5.74, 6) is -2.34. The summed E-state index contributed by atoms with van der Waals surface area (Å²) in [6.07, 6.45) is 5.80. The van der Waals surface area contributed by atoms with E-state index in [1.54, 1.807) is 89.8 Å². The van der Waals surface area contributed by atoms with Gasteiger partial charge in [0.1, 0.15) is 67.3 Å². The zero-order valence-corrected chi connectivity index (χ0v) is 78.1. The van der Waals surface area contributed by atoms with Gasteiger partial charge in [0, 0.05) is 126 Å². The van der Waals surface area contributed by atoms with E-state index < -0.39 is 99.0 Å². The molecule has 6 saturated heterocycles. The monoisotopic (exact) mass is 2130 g/mol. The molecular weight excluding hydrogens is 2060 g/mol. The summed E-state index contributed by atoms with van der Waals surface area (Å²) in [7, 11) is -5.64. The Morgan fingerprint density at radius 3 is 1.05 bits per heavy atom. The Hall–Kier alpha value is -10.5. The quantitative estimate of drug-likeness (QED) is 0.0421. The number of thiazole rings is 4. The number of alkyl halides is 3. The Morgan fingerprint density at radius 2 is 0.760 bits per heavy atom. The highest BCUT2D eigenvalue weighted by atomic mass is 79.9. The standard InChI is InChI=1S/2C22H20BrFN4O4S.C20H17BrF4N4O4S2.C18H13BrFN3O4S/c2*1-2-31-21(29)17-16-10-13(27-6-7-32-22(27)30)11-28(16)19(20-25-5-8-33-20)26-18(17)14-4-3-12(24)9-15(14)23;1-2-33-19(30)15-14-8-11(28-35(31,32)20(23,24)25)9-29(14)17(18-26-5-6-34-18)27-16(15)12-4-3-10(22)7-13(12)21;1-2-26-17(24)13-12-8-27-18(25)23(12)15(16-21-5-6-28-16)22-14(13)10-4-3-9(20)7-11(10)19/h2*3-5,8-9,13,18H,2,6-7,10-11H2,1H3;3-7,11,16,28H,2,8-9H2,1H3;3-7,14H,2,8H2,1H3/t13-,18+;13-,18-;11-,16-;/m100./s1. The Balaban J connectivity index is 0.000000132. The molecule has 10 aliphatic rings. The molecule has 10 aliphatic heterocycles. The molecule has 3 amide bonds. The molecule has 7 atom stereocenters. The van der Waals surface area contributed by atoms with Crippen LogP contribution in [0.3, 0.4) is 0 Å². The van der Waals surface area contributed by atoms with E-state index in [0.29, 0.717) is 141 Å². The predicted molar refractivity (Wildman–Crippen MR) is 469 cm³/mol. The van der Waals surface area contributed by atoms with Crippen LogP contribution in [0.1, 0.15) is 113 Å². The molecule has 1 unspecified atom stereocenters. The second-order valence-corrected chi connectivity index (χ2v) is 37.5. The maximum absolute atomic E-state index is 13.8. The second-order valence-electron chi connectivity index (χ2n) is 28.8. The molecule has 47 heteroatoms. The number of aromatic nitrogens is 4. The van der Waals surface area contributed by atoms with Gasteiger partial charge in [-0.25, -0.2) is 89.1 Å². The Bertz CT molecular complexity index is 5950. The average molecular weight is 2130 g/mol. The van der Waals surface area contributed by atoms with E-state index in [1.807, 2.05) is 20.6 Å². The lowest BCUT2D eigenvalue weighted by Crippen LogP contribution is -2.44. The molecule has 6 fully saturated rings. The summed E-state index contributed by atoms with van der Waals surface area (Å²) < 4.78 is 158. The van der Waals surface area contributed by atoms with Crippen LogP contribution < -0.4 is 4.72 Å². The number of benzene rings is 4. The zero-order valence-electron chi connectivity index (χ0n) is 67.7. The molecule has 0 saturated carbocycles. The highest BCUT2D eigenvalue weighted by Crippen LogP contribution is 2.49. The van der Waals surface area contributed by atoms with Crippen molar-refractivity contribution in [2.24, 2.45) is 20.0 Å². The van der Waals surface area contributed by atoms with Crippen molar-refractivity contribution in [1.82, 2.24) is 54.1 Å². The molecule has 129 heavy (non-hydrogen) atoms. The minimum atomic E-state index is -5.64. The van der Waals surface area contributed by atoms with Gasteiger partial charge in [0.05, 0.1) is 79.6 Å². The van der Waals surface area contributed by atoms with Gasteiger partial charge < -0.3 is 47.9 Å². The first kappa shape index (κ1) is 93.2. The largest absolute Gasteiger partial charge is 0.511 e. The number of carbonyl (C=O) groups excluding carboxylic acids is 7. The van der Waals surface area contributed by atoms with Crippen molar-refractivity contribution in [3.8, 4) is 0 Å². The topological polar surface area (TPSA) is 351 Å². The second kappa shape index (κ2) is 39.7. The van der Waals surface area contributed by atoms with Gasteiger partial charge in [-0.05, 0) is 98.5 Å². The van der Waals surface area contributed by atoms with E-state index in [4.69, 9.17) is 43.1 Å². The third kappa shape index (κ3) is 19.4. The highest BCUT2D eigenvalue weighted by Gasteiger charge is 2.53. The smallest absolute Gasteiger partial charge is 0.463 e. The van der Waals surface area contributed by atoms with E-state index in [2.05, 4.69) is 93.6 Å². The van der Waals surface area contributed by atoms with Crippen LogP contribution in [0.5, 0.6) is 0 Å². The van der Waals surface area contributed by atoms with Crippen molar-refractivity contribution >= 4 is 185 Å². The molecule has 1 N–H and O–H groups in total. The number of fused-ring (bicyclic) bond motifs is 4. The zero-order chi connectivity index (χ0) is 91.6. The third-order valence-corrected chi connectivity index (χ3v) is 28.2. The number of sulfonamides is 1. The number of rotatable bonds is 20. The van der Waals surface area contributed by atoms with E-state index in [1.165, 1.54) is 116 Å². The molecule has 0 spiro atoms. The number of aliphatic imine (C=N–C) groups is 4. The van der Waals surface area contributed by atoms with Crippen LogP contribution in [-0.2, 0) is 62.4 Å². The van der Waals surface area contributed by atoms with Crippen LogP contribution in [-0.4, -0.2) is 226 Å². The Kier molecular flexibility index (Phi) is 28.6. The van der Waals surface area contributed by atoms with Crippen molar-refractivity contribution in [1.29, 1.82) is 0 Å². The van der Waals surface area contributed by atoms with Crippen LogP contribution in [0.25, 0.3) is 0 Å². The fourth-order valence-corrected chi connectivity index (χ4v) is 21.4. The molecule has 31 nitrogen and oxygen atoms in total. The molecule has 0 aliphatic carbocycles. The van der Waals surface area contributed by atoms with Crippen LogP contribution in [0, 0.1) is 23.3 Å². The number of nitrogens with one attached hydrogen (secondary N) is 1. The number of halogens is 11. The Morgan fingerprint density at radius 1 is 0.450 bits per heavy atom. The number of hydrogen-bond acceptors (Lipinski definition) is 31. The minimum Gasteiger partial charge on any atom is -0.463 e. The van der Waals surface area contributed by atoms with E-state index >= 15 is 0 Å². The predicted octanol–water partition coefficient (Wildman–Crippen LogP) is 15.5. The number of nitrogens with zero attached hydrogens (tertiary/aromatic N) is 14. The first-order valence-electron chi connectivity index (χ1n) is 39.4. The van der Waals surface area contributed by atoms with Gasteiger partial charge >= 0.3 is 57.7 Å². The molecule has 4 aromatic heterocycles. The summed E-state index contributed by atoms with van der Waals surface area (Å²) in [4.78, 5) is 136. The van der Waals surface area contributed by atoms with Crippen LogP contribution >= 0.6 is 109 Å². The van der Waals surface area contributed by atoms with Crippen LogP contribution in [0.4, 0.5) is 45.1 Å². The highest BCUT2D eigenvalue weighted by molar-refractivity contribution is 9.11. The van der Waals surface area contributed by atoms with Gasteiger partial charge in [-0.1, -0.05) is 88.0 Å². The first-order valence-corrected chi connectivity index (χ1v) is 47.6. The molecule has 14 heterocycles. The van der Waals surface area contributed by atoms with Crippen molar-refractivity contribution < 1.29 is 106 Å². The molecule has 18 rings (SSSR count). The van der Waals surface area contributed by atoms with Crippen molar-refractivity contribution in [2.75, 3.05) is 79.0 Å². The number of carbonyl (C=O) groups is 7. The van der Waals surface area contributed by atoms with Gasteiger partial charge in [0.25, 0.3) is 0 Å². The molecule has 8 aromatic rings. The van der Waals surface area contributed by atoms with Gasteiger partial charge in [0.15, 0.2) is 43.4 Å². The van der Waals surface area contributed by atoms with Crippen LogP contribution in [0.15, 0.2) is 202 Å². The summed E-state index contributed by atoms with van der Waals surface area (Å²) in [6.45, 7) is 9.64. The maximum atomic E-state index is 13.8. The first-order chi connectivity index (χ1) is 61.9. The fourth-order valence-electron chi connectivity index (χ4n) is 15.8. The van der Waals surface area contributed by atoms with Gasteiger partial charge in [-0.3, -0.25) is 29.8 Å². The van der Waals surface area contributed by atoms with Gasteiger partial charge in [-0.15, -0.1) is 45.3 Å². The maximum Gasteiger partial charge on any atom is 0.511 e. The third-order valence-electron chi connectivity index (χ3n) is 21.2. The lowest BCUT2D eigenvalue weighted by molar-refractivity contribution is -0.140.